The molecule has 0 saturated heterocycles. The molecule has 1 aromatic rings. The third-order valence-electron chi connectivity index (χ3n) is 3.48. The summed E-state index contributed by atoms with van der Waals surface area (Å²) in [5.74, 6) is 0.738. The minimum atomic E-state index is -4.36. The van der Waals surface area contributed by atoms with Crippen molar-refractivity contribution in [2.24, 2.45) is 4.99 Å². The van der Waals surface area contributed by atoms with Crippen LogP contribution in [0, 0.1) is 0 Å². The fourth-order valence-corrected chi connectivity index (χ4v) is 3.20. The third kappa shape index (κ3) is 5.15. The summed E-state index contributed by atoms with van der Waals surface area (Å²) in [6.45, 7) is 3.17. The molecular weight excluding hydrogens is 313 g/mol. The molecule has 2 N–H and O–H groups in total. The van der Waals surface area contributed by atoms with Crippen LogP contribution in [0.4, 0.5) is 13.2 Å². The molecule has 0 bridgehead atoms. The van der Waals surface area contributed by atoms with Gasteiger partial charge in [-0.3, -0.25) is 4.99 Å². The largest absolute Gasteiger partial charge is 0.434 e. The highest BCUT2D eigenvalue weighted by Gasteiger charge is 2.33. The highest BCUT2D eigenvalue weighted by Crippen LogP contribution is 2.30. The lowest BCUT2D eigenvalue weighted by molar-refractivity contribution is -0.140. The van der Waals surface area contributed by atoms with Gasteiger partial charge in [0.15, 0.2) is 11.7 Å². The molecule has 1 heterocycles. The second-order valence-corrected chi connectivity index (χ2v) is 6.20. The molecule has 0 amide bonds. The van der Waals surface area contributed by atoms with Crippen LogP contribution < -0.4 is 10.6 Å². The van der Waals surface area contributed by atoms with Crippen molar-refractivity contribution in [3.8, 4) is 0 Å². The van der Waals surface area contributed by atoms with Crippen LogP contribution in [-0.2, 0) is 12.6 Å². The fraction of sp³-hybridized carbons (Fsp3) is 0.714. The maximum atomic E-state index is 12.5. The number of alkyl halides is 3. The number of hydrogen-bond acceptors (Lipinski definition) is 3. The summed E-state index contributed by atoms with van der Waals surface area (Å²) >= 11 is 1.03. The molecule has 1 fully saturated rings. The van der Waals surface area contributed by atoms with Crippen LogP contribution in [0.1, 0.15) is 43.3 Å². The summed E-state index contributed by atoms with van der Waals surface area (Å²) < 4.78 is 37.4. The molecule has 0 unspecified atom stereocenters. The fourth-order valence-electron chi connectivity index (χ4n) is 2.40. The molecule has 0 atom stereocenters. The number of rotatable bonds is 5. The maximum Gasteiger partial charge on any atom is 0.434 e. The van der Waals surface area contributed by atoms with Crippen LogP contribution in [0.15, 0.2) is 10.4 Å². The summed E-state index contributed by atoms with van der Waals surface area (Å²) in [7, 11) is 0. The van der Waals surface area contributed by atoms with Gasteiger partial charge in [-0.25, -0.2) is 4.98 Å². The van der Waals surface area contributed by atoms with Crippen LogP contribution in [0.2, 0.25) is 0 Å². The Morgan fingerprint density at radius 2 is 2.14 bits per heavy atom. The summed E-state index contributed by atoms with van der Waals surface area (Å²) in [4.78, 5) is 8.03. The van der Waals surface area contributed by atoms with Crippen LogP contribution in [-0.4, -0.2) is 30.1 Å². The van der Waals surface area contributed by atoms with Crippen LogP contribution in [0.25, 0.3) is 0 Å². The predicted molar refractivity (Wildman–Crippen MR) is 82.2 cm³/mol. The molecule has 1 aromatic heterocycles. The van der Waals surface area contributed by atoms with Gasteiger partial charge in [-0.2, -0.15) is 13.2 Å². The van der Waals surface area contributed by atoms with Crippen molar-refractivity contribution in [3.63, 3.8) is 0 Å². The topological polar surface area (TPSA) is 49.3 Å². The van der Waals surface area contributed by atoms with E-state index in [1.807, 2.05) is 6.92 Å². The molecule has 22 heavy (non-hydrogen) atoms. The number of halogens is 3. The van der Waals surface area contributed by atoms with Crippen LogP contribution in [0.3, 0.4) is 0 Å². The normalized spacial score (nSPS) is 17.0. The zero-order chi connectivity index (χ0) is 16.0. The van der Waals surface area contributed by atoms with Gasteiger partial charge in [-0.1, -0.05) is 12.8 Å². The minimum absolute atomic E-state index is 0.419. The molecule has 1 aliphatic rings. The first-order chi connectivity index (χ1) is 10.5. The van der Waals surface area contributed by atoms with Crippen LogP contribution in [0.5, 0.6) is 0 Å². The Hall–Kier alpha value is -1.31. The van der Waals surface area contributed by atoms with Gasteiger partial charge in [0.2, 0.25) is 0 Å². The average Bonchev–Trinajstić information content (AvgIpc) is 3.09. The van der Waals surface area contributed by atoms with E-state index in [0.29, 0.717) is 24.0 Å². The zero-order valence-corrected chi connectivity index (χ0v) is 13.4. The lowest BCUT2D eigenvalue weighted by atomic mass is 10.2. The number of nitrogens with one attached hydrogen (secondary N) is 2. The number of nitrogens with zero attached hydrogens (tertiary/aromatic N) is 2. The monoisotopic (exact) mass is 334 g/mol. The van der Waals surface area contributed by atoms with Gasteiger partial charge in [0.05, 0.1) is 5.01 Å². The third-order valence-corrected chi connectivity index (χ3v) is 4.39. The lowest BCUT2D eigenvalue weighted by Crippen LogP contribution is -2.42. The van der Waals surface area contributed by atoms with Gasteiger partial charge < -0.3 is 10.6 Å². The number of thiazole rings is 1. The summed E-state index contributed by atoms with van der Waals surface area (Å²) in [5, 5.41) is 8.06. The maximum absolute atomic E-state index is 12.5. The quantitative estimate of drug-likeness (QED) is 0.642. The van der Waals surface area contributed by atoms with Crippen molar-refractivity contribution in [2.45, 2.75) is 51.2 Å². The first kappa shape index (κ1) is 17.1. The van der Waals surface area contributed by atoms with Crippen LogP contribution >= 0.6 is 11.3 Å². The lowest BCUT2D eigenvalue weighted by Gasteiger charge is -2.16. The van der Waals surface area contributed by atoms with Gasteiger partial charge in [0.1, 0.15) is 0 Å². The van der Waals surface area contributed by atoms with Crippen molar-refractivity contribution in [2.75, 3.05) is 13.1 Å². The second-order valence-electron chi connectivity index (χ2n) is 5.26. The minimum Gasteiger partial charge on any atom is -0.357 e. The predicted octanol–water partition coefficient (Wildman–Crippen LogP) is 3.20. The first-order valence-corrected chi connectivity index (χ1v) is 8.43. The molecule has 0 aromatic carbocycles. The molecule has 0 spiro atoms. The number of aliphatic imine (C=N–C) groups is 1. The van der Waals surface area contributed by atoms with E-state index in [9.17, 15) is 13.2 Å². The van der Waals surface area contributed by atoms with E-state index in [1.165, 1.54) is 12.8 Å². The van der Waals surface area contributed by atoms with Crippen molar-refractivity contribution in [3.05, 3.63) is 16.1 Å². The van der Waals surface area contributed by atoms with E-state index < -0.39 is 11.9 Å². The number of guanidine groups is 1. The Labute approximate surface area is 132 Å². The standard InChI is InChI=1S/C14H21F3N4S/c1-2-18-13(20-10-5-3-4-6-10)19-8-7-12-21-11(9-22-12)14(15,16)17/h9-10H,2-8H2,1H3,(H2,18,19,20). The average molecular weight is 334 g/mol. The second kappa shape index (κ2) is 7.80. The van der Waals surface area contributed by atoms with E-state index in [4.69, 9.17) is 0 Å². The van der Waals surface area contributed by atoms with E-state index >= 15 is 0 Å². The van der Waals surface area contributed by atoms with E-state index in [-0.39, 0.29) is 0 Å². The zero-order valence-electron chi connectivity index (χ0n) is 12.5. The number of hydrogen-bond donors (Lipinski definition) is 2. The first-order valence-electron chi connectivity index (χ1n) is 7.55. The summed E-state index contributed by atoms with van der Waals surface area (Å²) in [6, 6.07) is 0.453. The SMILES string of the molecule is CCNC(=NCCc1nc(C(F)(F)F)cs1)NC1CCCC1. The number of aromatic nitrogens is 1. The summed E-state index contributed by atoms with van der Waals surface area (Å²) in [5.41, 5.74) is -0.813. The summed E-state index contributed by atoms with van der Waals surface area (Å²) in [6.07, 6.45) is 0.809. The Kier molecular flexibility index (Phi) is 6.05. The molecule has 8 heteroatoms. The van der Waals surface area contributed by atoms with Crippen molar-refractivity contribution in [1.82, 2.24) is 15.6 Å². The van der Waals surface area contributed by atoms with Gasteiger partial charge in [0, 0.05) is 30.9 Å². The molecule has 0 aliphatic heterocycles. The Morgan fingerprint density at radius 1 is 1.41 bits per heavy atom. The molecule has 4 nitrogen and oxygen atoms in total. The highest BCUT2D eigenvalue weighted by atomic mass is 32.1. The highest BCUT2D eigenvalue weighted by molar-refractivity contribution is 7.09. The van der Waals surface area contributed by atoms with E-state index in [1.54, 1.807) is 0 Å². The van der Waals surface area contributed by atoms with Gasteiger partial charge in [-0.15, -0.1) is 11.3 Å². The molecule has 124 valence electrons. The Balaban J connectivity index is 1.86. The molecule has 1 aliphatic carbocycles. The van der Waals surface area contributed by atoms with Gasteiger partial charge >= 0.3 is 6.18 Å². The Bertz CT molecular complexity index is 493. The van der Waals surface area contributed by atoms with Crippen molar-refractivity contribution >= 4 is 17.3 Å². The molecular formula is C14H21F3N4S. The smallest absolute Gasteiger partial charge is 0.357 e. The molecule has 0 radical (unpaired) electrons. The van der Waals surface area contributed by atoms with Gasteiger partial charge in [-0.05, 0) is 19.8 Å². The van der Waals surface area contributed by atoms with Crippen molar-refractivity contribution in [1.29, 1.82) is 0 Å². The van der Waals surface area contributed by atoms with E-state index in [0.717, 1.165) is 42.1 Å². The van der Waals surface area contributed by atoms with Crippen molar-refractivity contribution < 1.29 is 13.2 Å². The van der Waals surface area contributed by atoms with Gasteiger partial charge in [0.25, 0.3) is 0 Å². The van der Waals surface area contributed by atoms with E-state index in [2.05, 4.69) is 20.6 Å². The molecule has 1 saturated carbocycles. The Morgan fingerprint density at radius 3 is 2.73 bits per heavy atom. The molecule has 2 rings (SSSR count).